The smallest absolute Gasteiger partial charge is 0.203 e. The van der Waals surface area contributed by atoms with Crippen LogP contribution in [0, 0.1) is 0 Å². The first-order valence-electron chi connectivity index (χ1n) is 4.55. The fourth-order valence-corrected chi connectivity index (χ4v) is 1.97. The van der Waals surface area contributed by atoms with Crippen molar-refractivity contribution in [3.8, 4) is 0 Å². The van der Waals surface area contributed by atoms with Crippen LogP contribution < -0.4 is 0 Å². The van der Waals surface area contributed by atoms with Gasteiger partial charge in [0.25, 0.3) is 0 Å². The molecule has 1 heterocycles. The Hall–Kier alpha value is -0.0900. The number of rotatable bonds is 3. The quantitative estimate of drug-likeness (QED) is 0.363. The highest BCUT2D eigenvalue weighted by molar-refractivity contribution is 9.18. The van der Waals surface area contributed by atoms with Crippen LogP contribution in [0.3, 0.4) is 0 Å². The van der Waals surface area contributed by atoms with E-state index in [0.29, 0.717) is 0 Å². The number of hydrogen-bond acceptors (Lipinski definition) is 7. The lowest BCUT2D eigenvalue weighted by Gasteiger charge is -2.44. The number of ether oxygens (including phenoxy) is 1. The van der Waals surface area contributed by atoms with E-state index in [-0.39, 0.29) is 0 Å². The van der Waals surface area contributed by atoms with Gasteiger partial charge in [0.05, 0.1) is 13.0 Å². The molecular formula is C8H13BrO7. The fraction of sp³-hybridized carbons (Fsp3) is 0.875. The lowest BCUT2D eigenvalue weighted by Crippen LogP contribution is -2.65. The highest BCUT2D eigenvalue weighted by atomic mass is 79.9. The van der Waals surface area contributed by atoms with Gasteiger partial charge >= 0.3 is 0 Å². The fourth-order valence-electron chi connectivity index (χ4n) is 1.57. The average Bonchev–Trinajstić information content (AvgIpc) is 2.20. The summed E-state index contributed by atoms with van der Waals surface area (Å²) < 4.78 is 4.18. The van der Waals surface area contributed by atoms with E-state index in [2.05, 4.69) is 15.9 Å². The minimum Gasteiger partial charge on any atom is -0.394 e. The molecule has 1 rings (SSSR count). The van der Waals surface area contributed by atoms with Crippen LogP contribution in [0.5, 0.6) is 0 Å². The van der Waals surface area contributed by atoms with E-state index in [1.54, 1.807) is 0 Å². The molecule has 0 aromatic heterocycles. The SMILES string of the molecule is O=C(Br)CC1(O)O[C@H](CO)[C@H](O)[C@H](O)[C@H]1O. The van der Waals surface area contributed by atoms with E-state index in [1.807, 2.05) is 0 Å². The van der Waals surface area contributed by atoms with Gasteiger partial charge in [-0.2, -0.15) is 0 Å². The van der Waals surface area contributed by atoms with Crippen molar-refractivity contribution in [1.82, 2.24) is 0 Å². The summed E-state index contributed by atoms with van der Waals surface area (Å²) in [4.78, 5) is 10.8. The highest BCUT2D eigenvalue weighted by Crippen LogP contribution is 2.31. The van der Waals surface area contributed by atoms with E-state index in [0.717, 1.165) is 0 Å². The van der Waals surface area contributed by atoms with Crippen LogP contribution in [0.15, 0.2) is 0 Å². The lowest BCUT2D eigenvalue weighted by atomic mass is 9.91. The molecule has 1 aliphatic heterocycles. The summed E-state index contributed by atoms with van der Waals surface area (Å²) in [5, 5.41) is 46.9. The molecule has 0 aromatic rings. The normalized spacial score (nSPS) is 44.4. The zero-order chi connectivity index (χ0) is 12.5. The van der Waals surface area contributed by atoms with Crippen molar-refractivity contribution in [2.75, 3.05) is 6.61 Å². The van der Waals surface area contributed by atoms with Gasteiger partial charge in [0.15, 0.2) is 0 Å². The Bertz CT molecular complexity index is 271. The van der Waals surface area contributed by atoms with Gasteiger partial charge in [0, 0.05) is 0 Å². The predicted octanol–water partition coefficient (Wildman–Crippen LogP) is -2.54. The molecule has 5 N–H and O–H groups in total. The maximum absolute atomic E-state index is 10.8. The molecule has 0 saturated carbocycles. The monoisotopic (exact) mass is 300 g/mol. The highest BCUT2D eigenvalue weighted by Gasteiger charge is 2.53. The summed E-state index contributed by atoms with van der Waals surface area (Å²) in [6, 6.07) is 0. The number of carbonyl (C=O) groups is 1. The Morgan fingerprint density at radius 3 is 2.31 bits per heavy atom. The number of carbonyl (C=O) groups excluding carboxylic acids is 1. The van der Waals surface area contributed by atoms with Gasteiger partial charge in [0.1, 0.15) is 24.4 Å². The van der Waals surface area contributed by atoms with E-state index in [4.69, 9.17) is 9.84 Å². The third-order valence-electron chi connectivity index (χ3n) is 2.44. The van der Waals surface area contributed by atoms with Crippen LogP contribution >= 0.6 is 15.9 Å². The van der Waals surface area contributed by atoms with Crippen LogP contribution in [-0.2, 0) is 9.53 Å². The second kappa shape index (κ2) is 5.05. The third kappa shape index (κ3) is 2.59. The Morgan fingerprint density at radius 1 is 1.31 bits per heavy atom. The van der Waals surface area contributed by atoms with Crippen LogP contribution in [0.2, 0.25) is 0 Å². The molecule has 0 amide bonds. The molecule has 0 bridgehead atoms. The van der Waals surface area contributed by atoms with Gasteiger partial charge < -0.3 is 30.3 Å². The Labute approximate surface area is 99.4 Å². The summed E-state index contributed by atoms with van der Waals surface area (Å²) in [5.41, 5.74) is 0. The molecule has 8 heteroatoms. The van der Waals surface area contributed by atoms with Crippen LogP contribution in [0.1, 0.15) is 6.42 Å². The summed E-state index contributed by atoms with van der Waals surface area (Å²) in [6.07, 6.45) is -6.97. The largest absolute Gasteiger partial charge is 0.394 e. The van der Waals surface area contributed by atoms with Crippen molar-refractivity contribution in [2.45, 2.75) is 36.6 Å². The standard InChI is InChI=1S/C8H13BrO7/c9-4(11)1-8(15)7(14)6(13)5(12)3(2-10)16-8/h3,5-7,10,12-15H,1-2H2/t3-,5+,6+,7-,8?/m1/s1. The van der Waals surface area contributed by atoms with E-state index >= 15 is 0 Å². The average molecular weight is 301 g/mol. The minimum atomic E-state index is -2.33. The van der Waals surface area contributed by atoms with Gasteiger partial charge in [-0.05, 0) is 15.9 Å². The molecule has 7 nitrogen and oxygen atoms in total. The van der Waals surface area contributed by atoms with E-state index in [9.17, 15) is 25.2 Å². The molecule has 1 unspecified atom stereocenters. The number of hydrogen-bond donors (Lipinski definition) is 5. The first-order chi connectivity index (χ1) is 7.31. The molecule has 5 atom stereocenters. The molecule has 0 spiro atoms. The first-order valence-corrected chi connectivity index (χ1v) is 5.34. The number of aliphatic hydroxyl groups excluding tert-OH is 4. The van der Waals surface area contributed by atoms with Gasteiger partial charge in [0.2, 0.25) is 10.5 Å². The zero-order valence-corrected chi connectivity index (χ0v) is 9.74. The van der Waals surface area contributed by atoms with Gasteiger partial charge in [-0.3, -0.25) is 4.79 Å². The number of aliphatic hydroxyl groups is 5. The first kappa shape index (κ1) is 14.0. The molecule has 0 radical (unpaired) electrons. The maximum atomic E-state index is 10.8. The molecule has 1 aliphatic rings. The van der Waals surface area contributed by atoms with Crippen molar-refractivity contribution >= 4 is 20.6 Å². The van der Waals surface area contributed by atoms with Gasteiger partial charge in [-0.15, -0.1) is 0 Å². The second-order valence-electron chi connectivity index (χ2n) is 3.64. The Morgan fingerprint density at radius 2 is 1.88 bits per heavy atom. The number of halogens is 1. The van der Waals surface area contributed by atoms with Crippen molar-refractivity contribution in [3.05, 3.63) is 0 Å². The second-order valence-corrected chi connectivity index (χ2v) is 4.53. The van der Waals surface area contributed by atoms with Gasteiger partial charge in [-0.1, -0.05) is 0 Å². The van der Waals surface area contributed by atoms with Crippen LogP contribution in [0.4, 0.5) is 0 Å². The topological polar surface area (TPSA) is 127 Å². The van der Waals surface area contributed by atoms with Crippen LogP contribution in [0.25, 0.3) is 0 Å². The third-order valence-corrected chi connectivity index (χ3v) is 2.72. The minimum absolute atomic E-state index is 0.617. The van der Waals surface area contributed by atoms with Crippen molar-refractivity contribution in [3.63, 3.8) is 0 Å². The maximum Gasteiger partial charge on any atom is 0.203 e. The molecule has 0 aliphatic carbocycles. The van der Waals surface area contributed by atoms with E-state index in [1.165, 1.54) is 0 Å². The summed E-state index contributed by atoms with van der Waals surface area (Å²) >= 11 is 2.55. The van der Waals surface area contributed by atoms with Crippen molar-refractivity contribution in [1.29, 1.82) is 0 Å². The molecular weight excluding hydrogens is 288 g/mol. The van der Waals surface area contributed by atoms with Crippen LogP contribution in [-0.4, -0.2) is 67.0 Å². The van der Waals surface area contributed by atoms with E-state index < -0.39 is 47.9 Å². The molecule has 94 valence electrons. The predicted molar refractivity (Wildman–Crippen MR) is 53.5 cm³/mol. The molecule has 1 saturated heterocycles. The van der Waals surface area contributed by atoms with Gasteiger partial charge in [-0.25, -0.2) is 0 Å². The summed E-state index contributed by atoms with van der Waals surface area (Å²) in [6.45, 7) is -0.663. The van der Waals surface area contributed by atoms with Crippen molar-refractivity contribution < 1.29 is 35.1 Å². The summed E-state index contributed by atoms with van der Waals surface area (Å²) in [5.74, 6) is -2.33. The molecule has 0 aromatic carbocycles. The molecule has 1 fully saturated rings. The lowest BCUT2D eigenvalue weighted by molar-refractivity contribution is -0.347. The molecule has 16 heavy (non-hydrogen) atoms. The van der Waals surface area contributed by atoms with Crippen molar-refractivity contribution in [2.24, 2.45) is 0 Å². The Balaban J connectivity index is 2.89. The summed E-state index contributed by atoms with van der Waals surface area (Å²) in [7, 11) is 0. The zero-order valence-electron chi connectivity index (χ0n) is 8.15. The Kier molecular flexibility index (Phi) is 4.41.